The molecule has 0 N–H and O–H groups in total. The van der Waals surface area contributed by atoms with E-state index in [1.807, 2.05) is 42.3 Å². The maximum atomic E-state index is 12.4. The standard InChI is InChI=1S/C15H22N2O3S/c1-16-9-10-17(15(18)8-11-21(2,19)20)14(12-16)13-6-4-3-5-7-13/h3-7,14H,8-12H2,1-2H3. The van der Waals surface area contributed by atoms with Crippen molar-refractivity contribution in [3.8, 4) is 0 Å². The predicted octanol–water partition coefficient (Wildman–Crippen LogP) is 0.936. The second kappa shape index (κ2) is 6.58. The maximum absolute atomic E-state index is 12.4. The molecule has 1 aromatic rings. The summed E-state index contributed by atoms with van der Waals surface area (Å²) >= 11 is 0. The molecule has 0 spiro atoms. The van der Waals surface area contributed by atoms with E-state index in [9.17, 15) is 13.2 Å². The summed E-state index contributed by atoms with van der Waals surface area (Å²) in [5.74, 6) is -0.165. The quantitative estimate of drug-likeness (QED) is 0.830. The number of piperazine rings is 1. The van der Waals surface area contributed by atoms with Crippen LogP contribution in [0.1, 0.15) is 18.0 Å². The number of likely N-dealkylation sites (N-methyl/N-ethyl adjacent to an activating group) is 1. The molecule has 0 bridgehead atoms. The Morgan fingerprint density at radius 1 is 1.24 bits per heavy atom. The van der Waals surface area contributed by atoms with E-state index < -0.39 is 9.84 Å². The first-order valence-corrected chi connectivity index (χ1v) is 9.13. The van der Waals surface area contributed by atoms with E-state index in [4.69, 9.17) is 0 Å². The highest BCUT2D eigenvalue weighted by Gasteiger charge is 2.30. The van der Waals surface area contributed by atoms with Gasteiger partial charge in [0.05, 0.1) is 11.8 Å². The number of carbonyl (C=O) groups is 1. The van der Waals surface area contributed by atoms with Gasteiger partial charge in [-0.15, -0.1) is 0 Å². The Bertz CT molecular complexity index is 586. The van der Waals surface area contributed by atoms with E-state index in [0.717, 1.165) is 18.7 Å². The molecule has 5 nitrogen and oxygen atoms in total. The van der Waals surface area contributed by atoms with Crippen LogP contribution in [0.4, 0.5) is 0 Å². The number of hydrogen-bond acceptors (Lipinski definition) is 4. The molecule has 1 aromatic carbocycles. The Kier molecular flexibility index (Phi) is 5.00. The van der Waals surface area contributed by atoms with E-state index in [0.29, 0.717) is 6.54 Å². The fourth-order valence-electron chi connectivity index (χ4n) is 2.59. The number of nitrogens with zero attached hydrogens (tertiary/aromatic N) is 2. The van der Waals surface area contributed by atoms with Gasteiger partial charge in [-0.05, 0) is 12.6 Å². The molecule has 2 rings (SSSR count). The average molecular weight is 310 g/mol. The third-order valence-corrected chi connectivity index (χ3v) is 4.72. The molecule has 21 heavy (non-hydrogen) atoms. The molecule has 1 fully saturated rings. The number of rotatable bonds is 4. The van der Waals surface area contributed by atoms with Crippen LogP contribution in [-0.2, 0) is 14.6 Å². The van der Waals surface area contributed by atoms with E-state index in [-0.39, 0.29) is 24.1 Å². The minimum atomic E-state index is -3.11. The minimum Gasteiger partial charge on any atom is -0.333 e. The highest BCUT2D eigenvalue weighted by atomic mass is 32.2. The summed E-state index contributed by atoms with van der Waals surface area (Å²) in [6, 6.07) is 9.90. The van der Waals surface area contributed by atoms with Crippen LogP contribution < -0.4 is 0 Å². The van der Waals surface area contributed by atoms with Crippen LogP contribution >= 0.6 is 0 Å². The van der Waals surface area contributed by atoms with Crippen LogP contribution in [0.25, 0.3) is 0 Å². The fourth-order valence-corrected chi connectivity index (χ4v) is 3.14. The molecule has 1 aliphatic heterocycles. The Balaban J connectivity index is 2.13. The van der Waals surface area contributed by atoms with Crippen LogP contribution in [0.2, 0.25) is 0 Å². The Morgan fingerprint density at radius 2 is 1.90 bits per heavy atom. The van der Waals surface area contributed by atoms with Gasteiger partial charge in [-0.1, -0.05) is 30.3 Å². The first-order chi connectivity index (χ1) is 9.87. The van der Waals surface area contributed by atoms with Crippen LogP contribution in [0.3, 0.4) is 0 Å². The van der Waals surface area contributed by atoms with Gasteiger partial charge >= 0.3 is 0 Å². The van der Waals surface area contributed by atoms with Gasteiger partial charge in [-0.25, -0.2) is 8.42 Å². The normalized spacial score (nSPS) is 20.5. The van der Waals surface area contributed by atoms with Gasteiger partial charge < -0.3 is 9.80 Å². The molecular weight excluding hydrogens is 288 g/mol. The number of hydrogen-bond donors (Lipinski definition) is 0. The molecule has 0 radical (unpaired) electrons. The molecule has 116 valence electrons. The lowest BCUT2D eigenvalue weighted by Crippen LogP contribution is -2.49. The molecule has 1 aliphatic rings. The molecule has 1 atom stereocenters. The Morgan fingerprint density at radius 3 is 2.52 bits per heavy atom. The zero-order valence-electron chi connectivity index (χ0n) is 12.5. The van der Waals surface area contributed by atoms with Gasteiger partial charge in [0.2, 0.25) is 5.91 Å². The molecule has 6 heteroatoms. The fraction of sp³-hybridized carbons (Fsp3) is 0.533. The van der Waals surface area contributed by atoms with Crippen molar-refractivity contribution in [1.82, 2.24) is 9.80 Å². The molecule has 0 aromatic heterocycles. The minimum absolute atomic E-state index is 0.00277. The maximum Gasteiger partial charge on any atom is 0.224 e. The van der Waals surface area contributed by atoms with Crippen molar-refractivity contribution in [2.24, 2.45) is 0 Å². The lowest BCUT2D eigenvalue weighted by Gasteiger charge is -2.40. The second-order valence-electron chi connectivity index (χ2n) is 5.66. The van der Waals surface area contributed by atoms with Gasteiger partial charge in [0, 0.05) is 32.3 Å². The summed E-state index contributed by atoms with van der Waals surface area (Å²) in [6.45, 7) is 2.22. The average Bonchev–Trinajstić information content (AvgIpc) is 2.45. The van der Waals surface area contributed by atoms with Crippen molar-refractivity contribution in [3.63, 3.8) is 0 Å². The monoisotopic (exact) mass is 310 g/mol. The highest BCUT2D eigenvalue weighted by molar-refractivity contribution is 7.90. The third kappa shape index (κ3) is 4.54. The van der Waals surface area contributed by atoms with Crippen molar-refractivity contribution in [2.75, 3.05) is 38.7 Å². The van der Waals surface area contributed by atoms with Crippen molar-refractivity contribution in [3.05, 3.63) is 35.9 Å². The first kappa shape index (κ1) is 16.0. The van der Waals surface area contributed by atoms with Gasteiger partial charge in [0.15, 0.2) is 0 Å². The second-order valence-corrected chi connectivity index (χ2v) is 7.92. The van der Waals surface area contributed by atoms with E-state index >= 15 is 0 Å². The Labute approximate surface area is 126 Å². The molecule has 1 heterocycles. The van der Waals surface area contributed by atoms with Gasteiger partial charge in [-0.3, -0.25) is 4.79 Å². The van der Waals surface area contributed by atoms with E-state index in [1.165, 1.54) is 6.26 Å². The summed E-state index contributed by atoms with van der Waals surface area (Å²) < 4.78 is 22.5. The van der Waals surface area contributed by atoms with Gasteiger partial charge in [-0.2, -0.15) is 0 Å². The zero-order chi connectivity index (χ0) is 15.5. The molecule has 0 aliphatic carbocycles. The van der Waals surface area contributed by atoms with Crippen molar-refractivity contribution in [2.45, 2.75) is 12.5 Å². The molecule has 1 unspecified atom stereocenters. The summed E-state index contributed by atoms with van der Waals surface area (Å²) in [6.07, 6.45) is 1.23. The first-order valence-electron chi connectivity index (χ1n) is 7.07. The molecule has 1 saturated heterocycles. The van der Waals surface area contributed by atoms with Gasteiger partial charge in [0.1, 0.15) is 9.84 Å². The van der Waals surface area contributed by atoms with Crippen molar-refractivity contribution in [1.29, 1.82) is 0 Å². The van der Waals surface area contributed by atoms with E-state index in [2.05, 4.69) is 4.90 Å². The summed E-state index contributed by atoms with van der Waals surface area (Å²) in [5.41, 5.74) is 1.09. The van der Waals surface area contributed by atoms with Crippen molar-refractivity contribution < 1.29 is 13.2 Å². The molecule has 1 amide bonds. The summed E-state index contributed by atoms with van der Waals surface area (Å²) in [7, 11) is -1.07. The SMILES string of the molecule is CN1CCN(C(=O)CCS(C)(=O)=O)C(c2ccccc2)C1. The lowest BCUT2D eigenvalue weighted by atomic mass is 10.0. The van der Waals surface area contributed by atoms with Crippen LogP contribution in [0.5, 0.6) is 0 Å². The summed E-state index contributed by atoms with van der Waals surface area (Å²) in [4.78, 5) is 16.4. The molecular formula is C15H22N2O3S. The number of amides is 1. The predicted molar refractivity (Wildman–Crippen MR) is 82.7 cm³/mol. The van der Waals surface area contributed by atoms with E-state index in [1.54, 1.807) is 0 Å². The van der Waals surface area contributed by atoms with Crippen LogP contribution in [0, 0.1) is 0 Å². The summed E-state index contributed by atoms with van der Waals surface area (Å²) in [5, 5.41) is 0. The lowest BCUT2D eigenvalue weighted by molar-refractivity contribution is -0.135. The van der Waals surface area contributed by atoms with Crippen molar-refractivity contribution >= 4 is 15.7 Å². The van der Waals surface area contributed by atoms with Gasteiger partial charge in [0.25, 0.3) is 0 Å². The Hall–Kier alpha value is -1.40. The number of sulfone groups is 1. The number of carbonyl (C=O) groups excluding carboxylic acids is 1. The largest absolute Gasteiger partial charge is 0.333 e. The smallest absolute Gasteiger partial charge is 0.224 e. The topological polar surface area (TPSA) is 57.7 Å². The van der Waals surface area contributed by atoms with Crippen LogP contribution in [0.15, 0.2) is 30.3 Å². The number of benzene rings is 1. The highest BCUT2D eigenvalue weighted by Crippen LogP contribution is 2.25. The third-order valence-electron chi connectivity index (χ3n) is 3.77. The molecule has 0 saturated carbocycles. The zero-order valence-corrected chi connectivity index (χ0v) is 13.3. The van der Waals surface area contributed by atoms with Crippen LogP contribution in [-0.4, -0.2) is 62.8 Å².